The van der Waals surface area contributed by atoms with Crippen molar-refractivity contribution in [1.29, 1.82) is 0 Å². The summed E-state index contributed by atoms with van der Waals surface area (Å²) in [7, 11) is 0. The van der Waals surface area contributed by atoms with Gasteiger partial charge in [-0.3, -0.25) is 4.79 Å². The number of rotatable bonds is 5. The summed E-state index contributed by atoms with van der Waals surface area (Å²) in [6.45, 7) is 2.39. The van der Waals surface area contributed by atoms with Crippen LogP contribution in [-0.2, 0) is 17.9 Å². The average Bonchev–Trinajstić information content (AvgIpc) is 3.20. The summed E-state index contributed by atoms with van der Waals surface area (Å²) in [4.78, 5) is 17.1. The number of thiophene rings is 2. The Morgan fingerprint density at radius 2 is 1.85 bits per heavy atom. The van der Waals surface area contributed by atoms with Gasteiger partial charge in [-0.05, 0) is 42.3 Å². The summed E-state index contributed by atoms with van der Waals surface area (Å²) in [5, 5.41) is 7.44. The van der Waals surface area contributed by atoms with Crippen LogP contribution >= 0.6 is 22.7 Å². The fourth-order valence-corrected chi connectivity index (χ4v) is 3.95. The molecule has 3 heterocycles. The van der Waals surface area contributed by atoms with Crippen molar-refractivity contribution in [3.63, 3.8) is 0 Å². The van der Waals surface area contributed by atoms with Crippen LogP contribution in [-0.4, -0.2) is 23.4 Å². The maximum Gasteiger partial charge on any atom is 0.240 e. The summed E-state index contributed by atoms with van der Waals surface area (Å²) in [6.07, 6.45) is 2.06. The lowest BCUT2D eigenvalue weighted by Crippen LogP contribution is -2.42. The molecular formula is C15H18N2OS2. The van der Waals surface area contributed by atoms with Crippen molar-refractivity contribution in [3.05, 3.63) is 44.8 Å². The highest BCUT2D eigenvalue weighted by Gasteiger charge is 2.27. The van der Waals surface area contributed by atoms with Gasteiger partial charge in [-0.1, -0.05) is 12.1 Å². The third kappa shape index (κ3) is 3.29. The maximum atomic E-state index is 12.7. The number of hydrogen-bond donors (Lipinski definition) is 1. The number of carbonyl (C=O) groups is 1. The van der Waals surface area contributed by atoms with Crippen LogP contribution < -0.4 is 5.32 Å². The van der Waals surface area contributed by atoms with E-state index in [1.165, 1.54) is 9.75 Å². The second-order valence-corrected chi connectivity index (χ2v) is 7.07. The predicted molar refractivity (Wildman–Crippen MR) is 83.9 cm³/mol. The zero-order valence-corrected chi connectivity index (χ0v) is 12.9. The Morgan fingerprint density at radius 3 is 2.30 bits per heavy atom. The number of nitrogens with one attached hydrogen (secondary N) is 1. The third-order valence-electron chi connectivity index (χ3n) is 3.52. The monoisotopic (exact) mass is 306 g/mol. The Balaban J connectivity index is 1.73. The second kappa shape index (κ2) is 6.52. The van der Waals surface area contributed by atoms with E-state index in [9.17, 15) is 4.79 Å². The molecule has 20 heavy (non-hydrogen) atoms. The first-order valence-electron chi connectivity index (χ1n) is 6.90. The van der Waals surface area contributed by atoms with E-state index in [0.29, 0.717) is 13.1 Å². The summed E-state index contributed by atoms with van der Waals surface area (Å²) < 4.78 is 0. The van der Waals surface area contributed by atoms with Crippen LogP contribution in [0.4, 0.5) is 0 Å². The minimum absolute atomic E-state index is 0.00919. The zero-order chi connectivity index (χ0) is 13.8. The highest BCUT2D eigenvalue weighted by molar-refractivity contribution is 7.10. The van der Waals surface area contributed by atoms with Crippen LogP contribution in [0, 0.1) is 0 Å². The van der Waals surface area contributed by atoms with E-state index in [4.69, 9.17) is 0 Å². The largest absolute Gasteiger partial charge is 0.331 e. The summed E-state index contributed by atoms with van der Waals surface area (Å²) in [5.74, 6) is 0.240. The van der Waals surface area contributed by atoms with Gasteiger partial charge in [0.1, 0.15) is 0 Å². The van der Waals surface area contributed by atoms with Gasteiger partial charge in [0, 0.05) is 9.75 Å². The molecule has 106 valence electrons. The van der Waals surface area contributed by atoms with Gasteiger partial charge >= 0.3 is 0 Å². The average molecular weight is 306 g/mol. The molecule has 1 amide bonds. The van der Waals surface area contributed by atoms with Gasteiger partial charge in [-0.2, -0.15) is 0 Å². The van der Waals surface area contributed by atoms with Crippen molar-refractivity contribution in [2.75, 3.05) is 6.54 Å². The number of carbonyl (C=O) groups excluding carboxylic acids is 1. The normalized spacial score (nSPS) is 18.3. The highest BCUT2D eigenvalue weighted by atomic mass is 32.1. The standard InChI is InChI=1S/C15H18N2OS2/c18-15(14-6-1-7-16-14)17(10-12-4-2-8-19-12)11-13-5-3-9-20-13/h2-5,8-9,14,16H,1,6-7,10-11H2. The predicted octanol–water partition coefficient (Wildman–Crippen LogP) is 3.09. The Bertz CT molecular complexity index is 494. The van der Waals surface area contributed by atoms with Crippen LogP contribution in [0.1, 0.15) is 22.6 Å². The van der Waals surface area contributed by atoms with Crippen molar-refractivity contribution >= 4 is 28.6 Å². The first kappa shape index (κ1) is 13.8. The van der Waals surface area contributed by atoms with Gasteiger partial charge in [0.2, 0.25) is 5.91 Å². The van der Waals surface area contributed by atoms with Crippen molar-refractivity contribution < 1.29 is 4.79 Å². The lowest BCUT2D eigenvalue weighted by atomic mass is 10.2. The minimum atomic E-state index is 0.00919. The smallest absolute Gasteiger partial charge is 0.240 e. The van der Waals surface area contributed by atoms with Gasteiger partial charge in [-0.25, -0.2) is 0 Å². The molecule has 1 aliphatic rings. The van der Waals surface area contributed by atoms with Gasteiger partial charge in [0.15, 0.2) is 0 Å². The van der Waals surface area contributed by atoms with Crippen LogP contribution in [0.3, 0.4) is 0 Å². The molecular weight excluding hydrogens is 288 g/mol. The number of nitrogens with zero attached hydrogens (tertiary/aromatic N) is 1. The molecule has 0 radical (unpaired) electrons. The van der Waals surface area contributed by atoms with E-state index in [2.05, 4.69) is 28.2 Å². The van der Waals surface area contributed by atoms with Gasteiger partial charge in [0.25, 0.3) is 0 Å². The zero-order valence-electron chi connectivity index (χ0n) is 11.2. The number of hydrogen-bond acceptors (Lipinski definition) is 4. The molecule has 0 aliphatic carbocycles. The molecule has 2 aromatic rings. The van der Waals surface area contributed by atoms with E-state index in [1.807, 2.05) is 17.0 Å². The first-order chi connectivity index (χ1) is 9.83. The van der Waals surface area contributed by atoms with Gasteiger partial charge < -0.3 is 10.2 Å². The summed E-state index contributed by atoms with van der Waals surface area (Å²) in [6, 6.07) is 8.29. The van der Waals surface area contributed by atoms with Crippen molar-refractivity contribution in [1.82, 2.24) is 10.2 Å². The van der Waals surface area contributed by atoms with Gasteiger partial charge in [0.05, 0.1) is 19.1 Å². The highest BCUT2D eigenvalue weighted by Crippen LogP contribution is 2.19. The molecule has 0 bridgehead atoms. The fraction of sp³-hybridized carbons (Fsp3) is 0.400. The minimum Gasteiger partial charge on any atom is -0.331 e. The molecule has 0 saturated carbocycles. The molecule has 0 aromatic carbocycles. The van der Waals surface area contributed by atoms with Gasteiger partial charge in [-0.15, -0.1) is 22.7 Å². The van der Waals surface area contributed by atoms with Crippen LogP contribution in [0.15, 0.2) is 35.0 Å². The quantitative estimate of drug-likeness (QED) is 0.920. The SMILES string of the molecule is O=C(C1CCCN1)N(Cc1cccs1)Cc1cccs1. The van der Waals surface area contributed by atoms with Crippen LogP contribution in [0.5, 0.6) is 0 Å². The lowest BCUT2D eigenvalue weighted by Gasteiger charge is -2.25. The Morgan fingerprint density at radius 1 is 1.20 bits per heavy atom. The Hall–Kier alpha value is -1.17. The molecule has 3 rings (SSSR count). The first-order valence-corrected chi connectivity index (χ1v) is 8.66. The topological polar surface area (TPSA) is 32.3 Å². The molecule has 1 fully saturated rings. The molecule has 1 saturated heterocycles. The van der Waals surface area contributed by atoms with E-state index < -0.39 is 0 Å². The van der Waals surface area contributed by atoms with Crippen molar-refractivity contribution in [3.8, 4) is 0 Å². The lowest BCUT2D eigenvalue weighted by molar-refractivity contribution is -0.134. The fourth-order valence-electron chi connectivity index (χ4n) is 2.51. The van der Waals surface area contributed by atoms with Crippen molar-refractivity contribution in [2.45, 2.75) is 32.0 Å². The van der Waals surface area contributed by atoms with E-state index in [-0.39, 0.29) is 11.9 Å². The molecule has 0 spiro atoms. The molecule has 1 atom stereocenters. The molecule has 3 nitrogen and oxygen atoms in total. The molecule has 2 aromatic heterocycles. The Labute approximate surface area is 127 Å². The number of amides is 1. The summed E-state index contributed by atoms with van der Waals surface area (Å²) >= 11 is 3.43. The molecule has 1 N–H and O–H groups in total. The molecule has 1 aliphatic heterocycles. The molecule has 1 unspecified atom stereocenters. The van der Waals surface area contributed by atoms with E-state index in [0.717, 1.165) is 19.4 Å². The van der Waals surface area contributed by atoms with E-state index >= 15 is 0 Å². The second-order valence-electron chi connectivity index (χ2n) is 5.00. The van der Waals surface area contributed by atoms with Crippen molar-refractivity contribution in [2.24, 2.45) is 0 Å². The molecule has 5 heteroatoms. The van der Waals surface area contributed by atoms with E-state index in [1.54, 1.807) is 22.7 Å². The van der Waals surface area contributed by atoms with Crippen LogP contribution in [0.25, 0.3) is 0 Å². The van der Waals surface area contributed by atoms with Crippen LogP contribution in [0.2, 0.25) is 0 Å². The Kier molecular flexibility index (Phi) is 4.50. The third-order valence-corrected chi connectivity index (χ3v) is 5.25. The summed E-state index contributed by atoms with van der Waals surface area (Å²) in [5.41, 5.74) is 0. The maximum absolute atomic E-state index is 12.7.